The van der Waals surface area contributed by atoms with Crippen molar-refractivity contribution in [3.63, 3.8) is 0 Å². The van der Waals surface area contributed by atoms with Gasteiger partial charge < -0.3 is 10.6 Å². The van der Waals surface area contributed by atoms with Gasteiger partial charge in [0.2, 0.25) is 0 Å². The second-order valence-electron chi connectivity index (χ2n) is 6.02. The lowest BCUT2D eigenvalue weighted by molar-refractivity contribution is 0.265. The van der Waals surface area contributed by atoms with Crippen molar-refractivity contribution in [3.8, 4) is 0 Å². The molecule has 1 aliphatic heterocycles. The van der Waals surface area contributed by atoms with Crippen LogP contribution in [0.1, 0.15) is 40.5 Å². The lowest BCUT2D eigenvalue weighted by atomic mass is 10.1. The van der Waals surface area contributed by atoms with Gasteiger partial charge in [0.1, 0.15) is 0 Å². The molecule has 112 valence electrons. The van der Waals surface area contributed by atoms with E-state index in [9.17, 15) is 0 Å². The van der Waals surface area contributed by atoms with Crippen LogP contribution >= 0.6 is 24.0 Å². The first kappa shape index (κ1) is 17.0. The number of hydrogen-bond acceptors (Lipinski definition) is 2. The van der Waals surface area contributed by atoms with Crippen molar-refractivity contribution >= 4 is 29.9 Å². The second-order valence-corrected chi connectivity index (χ2v) is 6.02. The maximum Gasteiger partial charge on any atom is 0.191 e. The summed E-state index contributed by atoms with van der Waals surface area (Å²) < 4.78 is 0. The molecule has 2 N–H and O–H groups in total. The Kier molecular flexibility index (Phi) is 6.86. The van der Waals surface area contributed by atoms with Crippen LogP contribution < -0.4 is 10.6 Å². The predicted molar refractivity (Wildman–Crippen MR) is 92.3 cm³/mol. The summed E-state index contributed by atoms with van der Waals surface area (Å²) in [5.74, 6) is 1.71. The van der Waals surface area contributed by atoms with E-state index in [1.807, 2.05) is 0 Å². The third-order valence-corrected chi connectivity index (χ3v) is 3.93. The number of nitrogens with one attached hydrogen (secondary N) is 2. The summed E-state index contributed by atoms with van der Waals surface area (Å²) in [5.41, 5.74) is 0. The summed E-state index contributed by atoms with van der Waals surface area (Å²) in [7, 11) is 0. The van der Waals surface area contributed by atoms with Crippen LogP contribution in [0.15, 0.2) is 4.99 Å². The minimum atomic E-state index is 0. The number of rotatable bonds is 4. The Bertz CT molecular complexity index is 302. The first-order chi connectivity index (χ1) is 8.60. The van der Waals surface area contributed by atoms with E-state index >= 15 is 0 Å². The van der Waals surface area contributed by atoms with Crippen LogP contribution in [0.25, 0.3) is 0 Å². The van der Waals surface area contributed by atoms with Crippen molar-refractivity contribution in [1.29, 1.82) is 0 Å². The Balaban J connectivity index is 0.00000180. The maximum atomic E-state index is 4.55. The van der Waals surface area contributed by atoms with E-state index in [1.165, 1.54) is 19.4 Å². The van der Waals surface area contributed by atoms with Crippen molar-refractivity contribution in [2.75, 3.05) is 19.6 Å². The molecule has 0 aromatic carbocycles. The number of likely N-dealkylation sites (tertiary alicyclic amines) is 1. The molecular formula is C14H29IN4. The molecule has 4 nitrogen and oxygen atoms in total. The Morgan fingerprint density at radius 2 is 1.95 bits per heavy atom. The first-order valence-electron chi connectivity index (χ1n) is 7.41. The molecule has 2 atom stereocenters. The minimum absolute atomic E-state index is 0. The van der Waals surface area contributed by atoms with Crippen LogP contribution in [0, 0.1) is 5.92 Å². The summed E-state index contributed by atoms with van der Waals surface area (Å²) >= 11 is 0. The van der Waals surface area contributed by atoms with Crippen molar-refractivity contribution < 1.29 is 0 Å². The normalized spacial score (nSPS) is 28.4. The van der Waals surface area contributed by atoms with E-state index in [4.69, 9.17) is 0 Å². The maximum absolute atomic E-state index is 4.55. The first-order valence-corrected chi connectivity index (χ1v) is 7.41. The number of aliphatic imine (C=N–C) groups is 1. The predicted octanol–water partition coefficient (Wildman–Crippen LogP) is 2.05. The molecule has 2 rings (SSSR count). The van der Waals surface area contributed by atoms with E-state index in [-0.39, 0.29) is 24.0 Å². The van der Waals surface area contributed by atoms with Gasteiger partial charge in [0.25, 0.3) is 0 Å². The molecule has 2 aliphatic rings. The van der Waals surface area contributed by atoms with Crippen LogP contribution in [-0.2, 0) is 0 Å². The van der Waals surface area contributed by atoms with Gasteiger partial charge in [-0.1, -0.05) is 6.92 Å². The topological polar surface area (TPSA) is 39.7 Å². The van der Waals surface area contributed by atoms with Gasteiger partial charge in [0.15, 0.2) is 5.96 Å². The Morgan fingerprint density at radius 1 is 1.26 bits per heavy atom. The van der Waals surface area contributed by atoms with Crippen molar-refractivity contribution in [1.82, 2.24) is 15.5 Å². The lowest BCUT2D eigenvalue weighted by Gasteiger charge is -2.22. The highest BCUT2D eigenvalue weighted by atomic mass is 127. The SMILES string of the molecule is CCN=C(NC1CC1)NC1CN(C(C)C)CC1C.I. The molecule has 1 aliphatic carbocycles. The molecule has 2 unspecified atom stereocenters. The number of nitrogens with zero attached hydrogens (tertiary/aromatic N) is 2. The van der Waals surface area contributed by atoms with E-state index < -0.39 is 0 Å². The zero-order valence-corrected chi connectivity index (χ0v) is 15.0. The van der Waals surface area contributed by atoms with Crippen molar-refractivity contribution in [3.05, 3.63) is 0 Å². The van der Waals surface area contributed by atoms with E-state index in [2.05, 4.69) is 48.2 Å². The van der Waals surface area contributed by atoms with Crippen molar-refractivity contribution in [2.45, 2.75) is 58.7 Å². The van der Waals surface area contributed by atoms with E-state index in [0.717, 1.165) is 19.0 Å². The molecule has 1 saturated carbocycles. The van der Waals surface area contributed by atoms with Gasteiger partial charge in [-0.15, -0.1) is 24.0 Å². The summed E-state index contributed by atoms with van der Waals surface area (Å²) in [6.07, 6.45) is 2.59. The quantitative estimate of drug-likeness (QED) is 0.446. The van der Waals surface area contributed by atoms with Crippen LogP contribution in [0.5, 0.6) is 0 Å². The molecule has 0 amide bonds. The van der Waals surface area contributed by atoms with Gasteiger partial charge in [-0.05, 0) is 39.5 Å². The fraction of sp³-hybridized carbons (Fsp3) is 0.929. The van der Waals surface area contributed by atoms with Crippen LogP contribution in [0.4, 0.5) is 0 Å². The van der Waals surface area contributed by atoms with Gasteiger partial charge in [-0.3, -0.25) is 9.89 Å². The monoisotopic (exact) mass is 380 g/mol. The highest BCUT2D eigenvalue weighted by Gasteiger charge is 2.32. The molecule has 0 bridgehead atoms. The summed E-state index contributed by atoms with van der Waals surface area (Å²) in [6, 6.07) is 1.84. The summed E-state index contributed by atoms with van der Waals surface area (Å²) in [4.78, 5) is 7.09. The lowest BCUT2D eigenvalue weighted by Crippen LogP contribution is -2.47. The molecule has 0 radical (unpaired) electrons. The summed E-state index contributed by atoms with van der Waals surface area (Å²) in [6.45, 7) is 12.1. The molecule has 0 aromatic rings. The van der Waals surface area contributed by atoms with Crippen LogP contribution in [0.3, 0.4) is 0 Å². The summed E-state index contributed by atoms with van der Waals surface area (Å²) in [5, 5.41) is 7.12. The molecule has 1 saturated heterocycles. The Labute approximate surface area is 134 Å². The van der Waals surface area contributed by atoms with Crippen LogP contribution in [-0.4, -0.2) is 48.6 Å². The van der Waals surface area contributed by atoms with Gasteiger partial charge in [-0.25, -0.2) is 0 Å². The van der Waals surface area contributed by atoms with Gasteiger partial charge in [0, 0.05) is 37.8 Å². The smallest absolute Gasteiger partial charge is 0.191 e. The average molecular weight is 380 g/mol. The third kappa shape index (κ3) is 5.10. The van der Waals surface area contributed by atoms with E-state index in [0.29, 0.717) is 24.0 Å². The largest absolute Gasteiger partial charge is 0.354 e. The Morgan fingerprint density at radius 3 is 2.42 bits per heavy atom. The number of halogens is 1. The molecular weight excluding hydrogens is 351 g/mol. The second kappa shape index (κ2) is 7.67. The number of guanidine groups is 1. The molecule has 5 heteroatoms. The zero-order valence-electron chi connectivity index (χ0n) is 12.6. The van der Waals surface area contributed by atoms with Gasteiger partial charge in [-0.2, -0.15) is 0 Å². The van der Waals surface area contributed by atoms with Crippen LogP contribution in [0.2, 0.25) is 0 Å². The third-order valence-electron chi connectivity index (χ3n) is 3.93. The molecule has 1 heterocycles. The zero-order chi connectivity index (χ0) is 13.1. The fourth-order valence-corrected chi connectivity index (χ4v) is 2.50. The van der Waals surface area contributed by atoms with Crippen molar-refractivity contribution in [2.24, 2.45) is 10.9 Å². The van der Waals surface area contributed by atoms with Gasteiger partial charge >= 0.3 is 0 Å². The minimum Gasteiger partial charge on any atom is -0.354 e. The number of hydrogen-bond donors (Lipinski definition) is 2. The standard InChI is InChI=1S/C14H28N4.HI/c1-5-15-14(16-12-6-7-12)17-13-9-18(10(2)3)8-11(13)4;/h10-13H,5-9H2,1-4H3,(H2,15,16,17);1H. The molecule has 19 heavy (non-hydrogen) atoms. The average Bonchev–Trinajstić information content (AvgIpc) is 3.03. The molecule has 0 aromatic heterocycles. The fourth-order valence-electron chi connectivity index (χ4n) is 2.50. The highest BCUT2D eigenvalue weighted by Crippen LogP contribution is 2.20. The van der Waals surface area contributed by atoms with E-state index in [1.54, 1.807) is 0 Å². The molecule has 0 spiro atoms. The van der Waals surface area contributed by atoms with Gasteiger partial charge in [0.05, 0.1) is 0 Å². The Hall–Kier alpha value is -0.0400. The highest BCUT2D eigenvalue weighted by molar-refractivity contribution is 14.0. The molecule has 2 fully saturated rings.